The predicted octanol–water partition coefficient (Wildman–Crippen LogP) is 2.18. The Hall–Kier alpha value is -0.530. The molecule has 1 unspecified atom stereocenters. The predicted molar refractivity (Wildman–Crippen MR) is 54.0 cm³/mol. The molecular formula is C11H21NO. The third kappa shape index (κ3) is 2.45. The van der Waals surface area contributed by atoms with Gasteiger partial charge in [-0.1, -0.05) is 27.2 Å². The van der Waals surface area contributed by atoms with Crippen molar-refractivity contribution in [3.8, 4) is 0 Å². The van der Waals surface area contributed by atoms with Gasteiger partial charge < -0.3 is 5.73 Å². The van der Waals surface area contributed by atoms with E-state index in [1.807, 2.05) is 0 Å². The zero-order valence-corrected chi connectivity index (χ0v) is 8.92. The Morgan fingerprint density at radius 2 is 2.00 bits per heavy atom. The molecule has 1 aliphatic rings. The fraction of sp³-hybridized carbons (Fsp3) is 0.909. The van der Waals surface area contributed by atoms with Crippen molar-refractivity contribution >= 4 is 5.91 Å². The van der Waals surface area contributed by atoms with E-state index in [2.05, 4.69) is 20.8 Å². The van der Waals surface area contributed by atoms with E-state index in [1.165, 1.54) is 12.8 Å². The van der Waals surface area contributed by atoms with Gasteiger partial charge in [0.1, 0.15) is 0 Å². The Bertz CT molecular complexity index is 189. The van der Waals surface area contributed by atoms with Crippen molar-refractivity contribution in [2.45, 2.75) is 40.0 Å². The van der Waals surface area contributed by atoms with Crippen LogP contribution in [-0.4, -0.2) is 5.91 Å². The zero-order valence-electron chi connectivity index (χ0n) is 8.92. The van der Waals surface area contributed by atoms with Gasteiger partial charge in [-0.3, -0.25) is 4.79 Å². The molecule has 0 aromatic carbocycles. The lowest BCUT2D eigenvalue weighted by Crippen LogP contribution is -2.37. The number of nitrogens with two attached hydrogens (primary N) is 1. The summed E-state index contributed by atoms with van der Waals surface area (Å²) in [5, 5.41) is 0. The minimum Gasteiger partial charge on any atom is -0.369 e. The number of carbonyl (C=O) groups excluding carboxylic acids is 1. The van der Waals surface area contributed by atoms with Crippen molar-refractivity contribution in [1.82, 2.24) is 0 Å². The lowest BCUT2D eigenvalue weighted by molar-refractivity contribution is -0.125. The lowest BCUT2D eigenvalue weighted by atomic mass is 9.70. The average molecular weight is 183 g/mol. The van der Waals surface area contributed by atoms with Gasteiger partial charge in [0.25, 0.3) is 0 Å². The van der Waals surface area contributed by atoms with E-state index in [-0.39, 0.29) is 11.8 Å². The third-order valence-electron chi connectivity index (χ3n) is 3.39. The molecule has 1 saturated carbocycles. The van der Waals surface area contributed by atoms with Crippen molar-refractivity contribution in [2.75, 3.05) is 0 Å². The Morgan fingerprint density at radius 3 is 2.46 bits per heavy atom. The molecule has 3 atom stereocenters. The second kappa shape index (κ2) is 4.12. The summed E-state index contributed by atoms with van der Waals surface area (Å²) in [5.41, 5.74) is 5.42. The van der Waals surface area contributed by atoms with Gasteiger partial charge in [-0.15, -0.1) is 0 Å². The van der Waals surface area contributed by atoms with Crippen LogP contribution in [0.3, 0.4) is 0 Å². The summed E-state index contributed by atoms with van der Waals surface area (Å²) >= 11 is 0. The zero-order chi connectivity index (χ0) is 10.0. The van der Waals surface area contributed by atoms with E-state index in [9.17, 15) is 4.79 Å². The summed E-state index contributed by atoms with van der Waals surface area (Å²) < 4.78 is 0. The highest BCUT2D eigenvalue weighted by Crippen LogP contribution is 2.37. The lowest BCUT2D eigenvalue weighted by Gasteiger charge is -2.35. The van der Waals surface area contributed by atoms with Gasteiger partial charge in [0.15, 0.2) is 0 Å². The van der Waals surface area contributed by atoms with Crippen LogP contribution in [0.4, 0.5) is 0 Å². The number of hydrogen-bond donors (Lipinski definition) is 1. The van der Waals surface area contributed by atoms with Gasteiger partial charge in [-0.2, -0.15) is 0 Å². The number of primary amides is 1. The largest absolute Gasteiger partial charge is 0.369 e. The SMILES string of the molecule is CC1CC[C@@H](C(C)C)[C@H](C(N)=O)C1. The molecule has 2 nitrogen and oxygen atoms in total. The first kappa shape index (κ1) is 10.6. The monoisotopic (exact) mass is 183 g/mol. The van der Waals surface area contributed by atoms with Crippen molar-refractivity contribution in [1.29, 1.82) is 0 Å². The quantitative estimate of drug-likeness (QED) is 0.700. The molecule has 0 bridgehead atoms. The van der Waals surface area contributed by atoms with Crippen LogP contribution in [0.5, 0.6) is 0 Å². The first-order valence-electron chi connectivity index (χ1n) is 5.31. The molecule has 1 amide bonds. The summed E-state index contributed by atoms with van der Waals surface area (Å²) in [7, 11) is 0. The molecule has 0 heterocycles. The molecular weight excluding hydrogens is 162 g/mol. The number of amides is 1. The molecule has 0 aliphatic heterocycles. The molecule has 13 heavy (non-hydrogen) atoms. The fourth-order valence-corrected chi connectivity index (χ4v) is 2.53. The highest BCUT2D eigenvalue weighted by Gasteiger charge is 2.33. The Labute approximate surface area is 80.9 Å². The van der Waals surface area contributed by atoms with Crippen LogP contribution in [0.2, 0.25) is 0 Å². The number of rotatable bonds is 2. The van der Waals surface area contributed by atoms with Crippen LogP contribution in [0, 0.1) is 23.7 Å². The van der Waals surface area contributed by atoms with Crippen molar-refractivity contribution in [2.24, 2.45) is 29.4 Å². The molecule has 0 aromatic heterocycles. The first-order valence-corrected chi connectivity index (χ1v) is 5.31. The summed E-state index contributed by atoms with van der Waals surface area (Å²) in [4.78, 5) is 11.2. The highest BCUT2D eigenvalue weighted by molar-refractivity contribution is 5.77. The van der Waals surface area contributed by atoms with Gasteiger partial charge in [-0.05, 0) is 30.6 Å². The van der Waals surface area contributed by atoms with Crippen molar-refractivity contribution in [3.05, 3.63) is 0 Å². The maximum Gasteiger partial charge on any atom is 0.220 e. The van der Waals surface area contributed by atoms with Gasteiger partial charge in [0, 0.05) is 5.92 Å². The van der Waals surface area contributed by atoms with E-state index in [0.717, 1.165) is 6.42 Å². The summed E-state index contributed by atoms with van der Waals surface area (Å²) in [5.74, 6) is 1.82. The van der Waals surface area contributed by atoms with Gasteiger partial charge in [0.05, 0.1) is 0 Å². The molecule has 2 heteroatoms. The molecule has 2 N–H and O–H groups in total. The van der Waals surface area contributed by atoms with Crippen LogP contribution >= 0.6 is 0 Å². The van der Waals surface area contributed by atoms with E-state index < -0.39 is 0 Å². The molecule has 0 spiro atoms. The highest BCUT2D eigenvalue weighted by atomic mass is 16.1. The molecule has 1 aliphatic carbocycles. The van der Waals surface area contributed by atoms with Gasteiger partial charge in [0.2, 0.25) is 5.91 Å². The van der Waals surface area contributed by atoms with E-state index in [0.29, 0.717) is 17.8 Å². The Kier molecular flexibility index (Phi) is 3.34. The van der Waals surface area contributed by atoms with Crippen LogP contribution < -0.4 is 5.73 Å². The van der Waals surface area contributed by atoms with Crippen molar-refractivity contribution in [3.63, 3.8) is 0 Å². The molecule has 0 aromatic rings. The first-order chi connectivity index (χ1) is 6.02. The normalized spacial score (nSPS) is 34.9. The van der Waals surface area contributed by atoms with Crippen LogP contribution in [0.25, 0.3) is 0 Å². The number of hydrogen-bond acceptors (Lipinski definition) is 1. The second-order valence-electron chi connectivity index (χ2n) is 4.83. The maximum absolute atomic E-state index is 11.2. The molecule has 0 saturated heterocycles. The summed E-state index contributed by atoms with van der Waals surface area (Å²) in [6.45, 7) is 6.60. The number of carbonyl (C=O) groups is 1. The van der Waals surface area contributed by atoms with E-state index in [1.54, 1.807) is 0 Å². The van der Waals surface area contributed by atoms with Crippen LogP contribution in [0.1, 0.15) is 40.0 Å². The maximum atomic E-state index is 11.2. The molecule has 0 radical (unpaired) electrons. The molecule has 1 fully saturated rings. The fourth-order valence-electron chi connectivity index (χ4n) is 2.53. The molecule has 76 valence electrons. The summed E-state index contributed by atoms with van der Waals surface area (Å²) in [6.07, 6.45) is 3.43. The Balaban J connectivity index is 2.66. The summed E-state index contributed by atoms with van der Waals surface area (Å²) in [6, 6.07) is 0. The minimum atomic E-state index is -0.0924. The van der Waals surface area contributed by atoms with Gasteiger partial charge in [-0.25, -0.2) is 0 Å². The Morgan fingerprint density at radius 1 is 1.38 bits per heavy atom. The molecule has 1 rings (SSSR count). The smallest absolute Gasteiger partial charge is 0.220 e. The van der Waals surface area contributed by atoms with Gasteiger partial charge >= 0.3 is 0 Å². The second-order valence-corrected chi connectivity index (χ2v) is 4.83. The minimum absolute atomic E-state index is 0.0924. The third-order valence-corrected chi connectivity index (χ3v) is 3.39. The van der Waals surface area contributed by atoms with E-state index >= 15 is 0 Å². The van der Waals surface area contributed by atoms with E-state index in [4.69, 9.17) is 5.73 Å². The standard InChI is InChI=1S/C11H21NO/c1-7(2)9-5-4-8(3)6-10(9)11(12)13/h7-10H,4-6H2,1-3H3,(H2,12,13)/t8?,9-,10+/m0/s1. The van der Waals surface area contributed by atoms with Crippen LogP contribution in [-0.2, 0) is 4.79 Å². The average Bonchev–Trinajstić information content (AvgIpc) is 2.03. The van der Waals surface area contributed by atoms with Crippen molar-refractivity contribution < 1.29 is 4.79 Å². The topological polar surface area (TPSA) is 43.1 Å². The van der Waals surface area contributed by atoms with Crippen LogP contribution in [0.15, 0.2) is 0 Å².